The van der Waals surface area contributed by atoms with E-state index >= 15 is 0 Å². The van der Waals surface area contributed by atoms with E-state index in [1.807, 2.05) is 18.2 Å². The second kappa shape index (κ2) is 9.79. The quantitative estimate of drug-likeness (QED) is 0.730. The third-order valence-corrected chi connectivity index (χ3v) is 5.42. The molecule has 1 heterocycles. The van der Waals surface area contributed by atoms with Crippen molar-refractivity contribution < 1.29 is 9.90 Å². The Kier molecular flexibility index (Phi) is 7.16. The number of aliphatic hydroxyl groups excluding tert-OH is 1. The van der Waals surface area contributed by atoms with Gasteiger partial charge < -0.3 is 5.11 Å². The van der Waals surface area contributed by atoms with Crippen LogP contribution < -0.4 is 0 Å². The van der Waals surface area contributed by atoms with E-state index in [4.69, 9.17) is 0 Å². The van der Waals surface area contributed by atoms with Crippen LogP contribution in [0.25, 0.3) is 0 Å². The molecule has 0 aliphatic carbocycles. The molecule has 1 aliphatic heterocycles. The summed E-state index contributed by atoms with van der Waals surface area (Å²) in [4.78, 5) is 16.6. The van der Waals surface area contributed by atoms with Crippen molar-refractivity contribution in [3.63, 3.8) is 0 Å². The molecule has 144 valence electrons. The van der Waals surface area contributed by atoms with E-state index in [9.17, 15) is 9.90 Å². The van der Waals surface area contributed by atoms with Crippen molar-refractivity contribution in [3.05, 3.63) is 71.3 Å². The van der Waals surface area contributed by atoms with E-state index in [1.165, 1.54) is 11.1 Å². The van der Waals surface area contributed by atoms with Crippen molar-refractivity contribution in [2.75, 3.05) is 32.8 Å². The van der Waals surface area contributed by atoms with Gasteiger partial charge in [-0.25, -0.2) is 0 Å². The number of aliphatic hydroxyl groups is 1. The molecule has 27 heavy (non-hydrogen) atoms. The van der Waals surface area contributed by atoms with E-state index in [0.717, 1.165) is 51.1 Å². The minimum Gasteiger partial charge on any atom is -0.396 e. The maximum Gasteiger partial charge on any atom is 0.159 e. The van der Waals surface area contributed by atoms with Crippen molar-refractivity contribution in [2.45, 2.75) is 32.4 Å². The van der Waals surface area contributed by atoms with Gasteiger partial charge in [0.05, 0.1) is 0 Å². The lowest BCUT2D eigenvalue weighted by Gasteiger charge is -2.41. The maximum absolute atomic E-state index is 11.6. The zero-order chi connectivity index (χ0) is 19.1. The summed E-state index contributed by atoms with van der Waals surface area (Å²) >= 11 is 0. The minimum atomic E-state index is 0.112. The van der Waals surface area contributed by atoms with Crippen molar-refractivity contribution in [1.29, 1.82) is 0 Å². The van der Waals surface area contributed by atoms with Gasteiger partial charge in [-0.2, -0.15) is 0 Å². The average Bonchev–Trinajstić information content (AvgIpc) is 2.69. The van der Waals surface area contributed by atoms with Crippen LogP contribution in [0, 0.1) is 0 Å². The molecule has 1 N–H and O–H groups in total. The molecule has 0 bridgehead atoms. The number of benzene rings is 2. The number of carbonyl (C=O) groups excluding carboxylic acids is 1. The zero-order valence-corrected chi connectivity index (χ0v) is 16.2. The molecule has 2 aromatic carbocycles. The van der Waals surface area contributed by atoms with Crippen LogP contribution in [0.15, 0.2) is 54.6 Å². The van der Waals surface area contributed by atoms with Gasteiger partial charge in [0.2, 0.25) is 0 Å². The Labute approximate surface area is 162 Å². The van der Waals surface area contributed by atoms with Crippen molar-refractivity contribution in [2.24, 2.45) is 0 Å². The smallest absolute Gasteiger partial charge is 0.159 e. The van der Waals surface area contributed by atoms with Gasteiger partial charge in [-0.05, 0) is 37.0 Å². The molecular formula is C23H30N2O2. The number of hydrogen-bond donors (Lipinski definition) is 1. The first-order valence-electron chi connectivity index (χ1n) is 9.87. The monoisotopic (exact) mass is 366 g/mol. The molecule has 0 spiro atoms. The summed E-state index contributed by atoms with van der Waals surface area (Å²) in [5.41, 5.74) is 3.33. The minimum absolute atomic E-state index is 0.112. The summed E-state index contributed by atoms with van der Waals surface area (Å²) in [7, 11) is 0. The van der Waals surface area contributed by atoms with E-state index in [-0.39, 0.29) is 12.4 Å². The molecule has 4 heteroatoms. The lowest BCUT2D eigenvalue weighted by atomic mass is 10.0. The van der Waals surface area contributed by atoms with Gasteiger partial charge >= 0.3 is 0 Å². The summed E-state index contributed by atoms with van der Waals surface area (Å²) in [5.74, 6) is 0.112. The average molecular weight is 367 g/mol. The number of carbonyl (C=O) groups is 1. The fourth-order valence-corrected chi connectivity index (χ4v) is 3.88. The van der Waals surface area contributed by atoms with E-state index in [1.54, 1.807) is 6.92 Å². The zero-order valence-electron chi connectivity index (χ0n) is 16.2. The summed E-state index contributed by atoms with van der Waals surface area (Å²) in [5, 5.41) is 9.51. The van der Waals surface area contributed by atoms with Gasteiger partial charge in [-0.15, -0.1) is 0 Å². The standard InChI is InChI=1S/C23H30N2O2/c1-19(27)22-9-5-8-21(16-22)17-24-13-14-25(23(18-24)11-15-26)12-10-20-6-3-2-4-7-20/h2-9,16,23,26H,10-15,17-18H2,1H3/t23-/m1/s1. The number of piperazine rings is 1. The fraction of sp³-hybridized carbons (Fsp3) is 0.435. The highest BCUT2D eigenvalue weighted by atomic mass is 16.3. The topological polar surface area (TPSA) is 43.8 Å². The predicted molar refractivity (Wildman–Crippen MR) is 109 cm³/mol. The molecule has 3 rings (SSSR count). The van der Waals surface area contributed by atoms with Gasteiger partial charge in [-0.1, -0.05) is 48.5 Å². The number of nitrogens with zero attached hydrogens (tertiary/aromatic N) is 2. The van der Waals surface area contributed by atoms with Crippen LogP contribution in [0.3, 0.4) is 0 Å². The fourth-order valence-electron chi connectivity index (χ4n) is 3.88. The Bertz CT molecular complexity index is 732. The Hall–Kier alpha value is -2.01. The highest BCUT2D eigenvalue weighted by Gasteiger charge is 2.26. The predicted octanol–water partition coefficient (Wildman–Crippen LogP) is 3.00. The largest absolute Gasteiger partial charge is 0.396 e. The molecule has 0 unspecified atom stereocenters. The first-order chi connectivity index (χ1) is 13.2. The molecule has 1 atom stereocenters. The second-order valence-electron chi connectivity index (χ2n) is 7.43. The summed E-state index contributed by atoms with van der Waals surface area (Å²) in [6.07, 6.45) is 1.85. The molecule has 1 fully saturated rings. The normalized spacial score (nSPS) is 18.5. The second-order valence-corrected chi connectivity index (χ2v) is 7.43. The van der Waals surface area contributed by atoms with Crippen LogP contribution in [0.2, 0.25) is 0 Å². The first-order valence-corrected chi connectivity index (χ1v) is 9.87. The molecule has 4 nitrogen and oxygen atoms in total. The van der Waals surface area contributed by atoms with Crippen molar-refractivity contribution >= 4 is 5.78 Å². The van der Waals surface area contributed by atoms with Crippen LogP contribution in [0.5, 0.6) is 0 Å². The summed E-state index contributed by atoms with van der Waals surface area (Å²) in [6, 6.07) is 18.9. The summed E-state index contributed by atoms with van der Waals surface area (Å²) in [6.45, 7) is 6.71. The molecule has 0 saturated carbocycles. The van der Waals surface area contributed by atoms with Crippen molar-refractivity contribution in [1.82, 2.24) is 9.80 Å². The SMILES string of the molecule is CC(=O)c1cccc(CN2CCN(CCc3ccccc3)[C@H](CCO)C2)c1. The van der Waals surface area contributed by atoms with E-state index in [0.29, 0.717) is 6.04 Å². The Balaban J connectivity index is 1.58. The van der Waals surface area contributed by atoms with E-state index < -0.39 is 0 Å². The Morgan fingerprint density at radius 1 is 1.07 bits per heavy atom. The van der Waals surface area contributed by atoms with Crippen LogP contribution in [0.4, 0.5) is 0 Å². The van der Waals surface area contributed by atoms with Gasteiger partial charge in [-0.3, -0.25) is 14.6 Å². The number of rotatable bonds is 8. The van der Waals surface area contributed by atoms with Crippen molar-refractivity contribution in [3.8, 4) is 0 Å². The van der Waals surface area contributed by atoms with E-state index in [2.05, 4.69) is 46.2 Å². The first kappa shape index (κ1) is 19.7. The number of ketones is 1. The lowest BCUT2D eigenvalue weighted by molar-refractivity contribution is 0.0562. The molecular weight excluding hydrogens is 336 g/mol. The highest BCUT2D eigenvalue weighted by Crippen LogP contribution is 2.17. The van der Waals surface area contributed by atoms with Crippen LogP contribution >= 0.6 is 0 Å². The Morgan fingerprint density at radius 3 is 2.59 bits per heavy atom. The number of Topliss-reactive ketones (excluding diaryl/α,β-unsaturated/α-hetero) is 1. The van der Waals surface area contributed by atoms with Crippen LogP contribution in [0.1, 0.15) is 34.8 Å². The third-order valence-electron chi connectivity index (χ3n) is 5.42. The lowest BCUT2D eigenvalue weighted by Crippen LogP contribution is -2.53. The third kappa shape index (κ3) is 5.73. The van der Waals surface area contributed by atoms with Gasteiger partial charge in [0.25, 0.3) is 0 Å². The molecule has 0 radical (unpaired) electrons. The molecule has 2 aromatic rings. The number of hydrogen-bond acceptors (Lipinski definition) is 4. The van der Waals surface area contributed by atoms with Gasteiger partial charge in [0.15, 0.2) is 5.78 Å². The molecule has 0 amide bonds. The molecule has 1 aliphatic rings. The highest BCUT2D eigenvalue weighted by molar-refractivity contribution is 5.94. The summed E-state index contributed by atoms with van der Waals surface area (Å²) < 4.78 is 0. The van der Waals surface area contributed by atoms with Crippen LogP contribution in [-0.4, -0.2) is 59.5 Å². The van der Waals surface area contributed by atoms with Gasteiger partial charge in [0, 0.05) is 50.9 Å². The molecule has 1 saturated heterocycles. The van der Waals surface area contributed by atoms with Gasteiger partial charge in [0.1, 0.15) is 0 Å². The maximum atomic E-state index is 11.6. The Morgan fingerprint density at radius 2 is 1.85 bits per heavy atom. The van der Waals surface area contributed by atoms with Crippen LogP contribution in [-0.2, 0) is 13.0 Å². The molecule has 0 aromatic heterocycles.